The molecule has 15 nitrogen and oxygen atoms in total. The molecule has 15 heteroatoms. The van der Waals surface area contributed by atoms with E-state index < -0.39 is 98.5 Å². The number of aliphatic hydroxyl groups is 7. The third-order valence-corrected chi connectivity index (χ3v) is 10.6. The first-order valence-corrected chi connectivity index (χ1v) is 20.1. The quantitative estimate of drug-likeness (QED) is 0.0519. The molecule has 0 spiro atoms. The third kappa shape index (κ3) is 15.5. The van der Waals surface area contributed by atoms with Crippen LogP contribution in [0.5, 0.6) is 0 Å². The van der Waals surface area contributed by atoms with Crippen LogP contribution in [0.15, 0.2) is 0 Å². The number of nitrogens with one attached hydrogen (secondary N) is 1. The van der Waals surface area contributed by atoms with Crippen LogP contribution in [0.3, 0.4) is 0 Å². The predicted octanol–water partition coefficient (Wildman–Crippen LogP) is 2.26. The van der Waals surface area contributed by atoms with Gasteiger partial charge in [0.25, 0.3) is 5.79 Å². The summed E-state index contributed by atoms with van der Waals surface area (Å²) in [5, 5.41) is 86.5. The lowest BCUT2D eigenvalue weighted by molar-refractivity contribution is -0.369. The van der Waals surface area contributed by atoms with E-state index in [1.54, 1.807) is 0 Å². The van der Waals surface area contributed by atoms with Crippen LogP contribution in [-0.4, -0.2) is 140 Å². The van der Waals surface area contributed by atoms with Gasteiger partial charge in [-0.25, -0.2) is 4.79 Å². The van der Waals surface area contributed by atoms with Crippen molar-refractivity contribution in [2.45, 2.75) is 203 Å². The molecule has 9 N–H and O–H groups in total. The Labute approximate surface area is 315 Å². The molecule has 0 bridgehead atoms. The summed E-state index contributed by atoms with van der Waals surface area (Å²) in [7, 11) is 0. The Bertz CT molecular complexity index is 990. The SMILES string of the molecule is CCCCCCCCCC(CCCCCCCCC)CCO[C@H]1O[C@H](CO)[C@H](O)[C@H](O[C@]2(C(=O)O)C[C@H](O)[C@@H](NC(C)=O)[C@@H]([C@H](O)[C@H](O)CO)O2)[C@H]1O. The molecule has 0 aromatic rings. The maximum atomic E-state index is 12.8. The first-order chi connectivity index (χ1) is 25.3. The normalized spacial score (nSPS) is 30.3. The summed E-state index contributed by atoms with van der Waals surface area (Å²) in [5.74, 6) is -4.92. The van der Waals surface area contributed by atoms with Gasteiger partial charge < -0.3 is 65.1 Å². The number of rotatable bonds is 28. The maximum Gasteiger partial charge on any atom is 0.364 e. The van der Waals surface area contributed by atoms with Gasteiger partial charge in [-0.3, -0.25) is 4.79 Å². The van der Waals surface area contributed by atoms with Crippen LogP contribution in [-0.2, 0) is 28.5 Å². The highest BCUT2D eigenvalue weighted by Gasteiger charge is 2.59. The fourth-order valence-electron chi connectivity index (χ4n) is 7.36. The molecule has 312 valence electrons. The molecule has 2 saturated heterocycles. The second-order valence-corrected chi connectivity index (χ2v) is 15.0. The van der Waals surface area contributed by atoms with E-state index in [1.165, 1.54) is 77.0 Å². The van der Waals surface area contributed by atoms with Gasteiger partial charge >= 0.3 is 5.97 Å². The number of carbonyl (C=O) groups is 2. The first-order valence-electron chi connectivity index (χ1n) is 20.1. The lowest BCUT2D eigenvalue weighted by atomic mass is 9.88. The second-order valence-electron chi connectivity index (χ2n) is 15.0. The highest BCUT2D eigenvalue weighted by Crippen LogP contribution is 2.37. The number of hydrogen-bond acceptors (Lipinski definition) is 13. The first kappa shape index (κ1) is 47.7. The summed E-state index contributed by atoms with van der Waals surface area (Å²) < 4.78 is 23.2. The summed E-state index contributed by atoms with van der Waals surface area (Å²) in [6, 6.07) is -1.43. The summed E-state index contributed by atoms with van der Waals surface area (Å²) in [6.45, 7) is 4.02. The van der Waals surface area contributed by atoms with Crippen LogP contribution < -0.4 is 5.32 Å². The maximum absolute atomic E-state index is 12.8. The average Bonchev–Trinajstić information content (AvgIpc) is 3.13. The van der Waals surface area contributed by atoms with Crippen LogP contribution >= 0.6 is 0 Å². The summed E-state index contributed by atoms with van der Waals surface area (Å²) in [4.78, 5) is 24.6. The van der Waals surface area contributed by atoms with Crippen LogP contribution in [0.2, 0.25) is 0 Å². The summed E-state index contributed by atoms with van der Waals surface area (Å²) >= 11 is 0. The molecule has 2 heterocycles. The minimum Gasteiger partial charge on any atom is -0.477 e. The second kappa shape index (κ2) is 25.6. The number of hydrogen-bond donors (Lipinski definition) is 9. The zero-order valence-corrected chi connectivity index (χ0v) is 32.2. The molecule has 2 aliphatic heterocycles. The Morgan fingerprint density at radius 2 is 1.38 bits per heavy atom. The number of aliphatic carboxylic acids is 1. The molecule has 0 aliphatic carbocycles. The van der Waals surface area contributed by atoms with Gasteiger partial charge in [0.05, 0.1) is 32.0 Å². The summed E-state index contributed by atoms with van der Waals surface area (Å²) in [6.07, 6.45) is 3.33. The molecule has 0 saturated carbocycles. The van der Waals surface area contributed by atoms with Crippen molar-refractivity contribution < 1.29 is 69.4 Å². The molecule has 0 aromatic carbocycles. The number of carbonyl (C=O) groups excluding carboxylic acids is 1. The standard InChI is InChI=1S/C38H71NO14/c1-4-6-8-10-12-14-16-18-26(19-17-15-13-11-9-7-5-2)20-21-50-36-33(47)35(32(46)29(24-41)51-36)53-38(37(48)49)22-27(43)30(39-25(3)42)34(52-38)31(45)28(44)23-40/h26-36,40-41,43-47H,4-24H2,1-3H3,(H,39,42)(H,48,49)/t27-,28+,29+,30+,31+,32-,33+,34-,35-,36-,38-/m0/s1. The Balaban J connectivity index is 2.16. The van der Waals surface area contributed by atoms with Gasteiger partial charge in [0.1, 0.15) is 42.7 Å². The van der Waals surface area contributed by atoms with Crippen molar-refractivity contribution in [3.05, 3.63) is 0 Å². The van der Waals surface area contributed by atoms with E-state index in [0.717, 1.165) is 32.6 Å². The molecule has 1 amide bonds. The number of ether oxygens (including phenoxy) is 4. The molecule has 0 unspecified atom stereocenters. The molecule has 53 heavy (non-hydrogen) atoms. The van der Waals surface area contributed by atoms with Crippen LogP contribution in [0.1, 0.15) is 136 Å². The van der Waals surface area contributed by atoms with Crippen molar-refractivity contribution in [3.63, 3.8) is 0 Å². The zero-order chi connectivity index (χ0) is 39.4. The summed E-state index contributed by atoms with van der Waals surface area (Å²) in [5.41, 5.74) is 0. The molecular weight excluding hydrogens is 694 g/mol. The fraction of sp³-hybridized carbons (Fsp3) is 0.947. The number of carboxylic acid groups (broad SMARTS) is 1. The van der Waals surface area contributed by atoms with E-state index in [2.05, 4.69) is 19.2 Å². The fourth-order valence-corrected chi connectivity index (χ4v) is 7.36. The van der Waals surface area contributed by atoms with E-state index >= 15 is 0 Å². The van der Waals surface area contributed by atoms with Gasteiger partial charge in [0, 0.05) is 13.3 Å². The number of unbranched alkanes of at least 4 members (excludes halogenated alkanes) is 12. The van der Waals surface area contributed by atoms with Gasteiger partial charge in [0.15, 0.2) is 6.29 Å². The largest absolute Gasteiger partial charge is 0.477 e. The van der Waals surface area contributed by atoms with Gasteiger partial charge in [-0.15, -0.1) is 0 Å². The van der Waals surface area contributed by atoms with Crippen LogP contribution in [0.25, 0.3) is 0 Å². The predicted molar refractivity (Wildman–Crippen MR) is 194 cm³/mol. The molecule has 0 aromatic heterocycles. The average molecular weight is 766 g/mol. The van der Waals surface area contributed by atoms with Crippen LogP contribution in [0.4, 0.5) is 0 Å². The van der Waals surface area contributed by atoms with Crippen molar-refractivity contribution in [2.75, 3.05) is 19.8 Å². The molecular formula is C38H71NO14. The monoisotopic (exact) mass is 765 g/mol. The number of amides is 1. The van der Waals surface area contributed by atoms with E-state index in [1.807, 2.05) is 0 Å². The number of aliphatic hydroxyl groups excluding tert-OH is 7. The lowest BCUT2D eigenvalue weighted by Gasteiger charge is -2.50. The molecule has 11 atom stereocenters. The van der Waals surface area contributed by atoms with Gasteiger partial charge in [-0.1, -0.05) is 117 Å². The van der Waals surface area contributed by atoms with E-state index in [9.17, 15) is 50.4 Å². The Morgan fingerprint density at radius 3 is 1.87 bits per heavy atom. The van der Waals surface area contributed by atoms with E-state index in [0.29, 0.717) is 12.3 Å². The Kier molecular flexibility index (Phi) is 23.0. The Morgan fingerprint density at radius 1 is 0.830 bits per heavy atom. The van der Waals surface area contributed by atoms with Gasteiger partial charge in [0.2, 0.25) is 5.91 Å². The Hall–Kier alpha value is -1.50. The molecule has 2 fully saturated rings. The van der Waals surface area contributed by atoms with Gasteiger partial charge in [-0.2, -0.15) is 0 Å². The number of carboxylic acids is 1. The topological polar surface area (TPSA) is 245 Å². The minimum atomic E-state index is -2.83. The van der Waals surface area contributed by atoms with Gasteiger partial charge in [-0.05, 0) is 12.3 Å². The van der Waals surface area contributed by atoms with E-state index in [4.69, 9.17) is 18.9 Å². The third-order valence-electron chi connectivity index (χ3n) is 10.6. The van der Waals surface area contributed by atoms with E-state index in [-0.39, 0.29) is 6.61 Å². The van der Waals surface area contributed by atoms with Crippen molar-refractivity contribution in [1.82, 2.24) is 5.32 Å². The van der Waals surface area contributed by atoms with Crippen molar-refractivity contribution in [3.8, 4) is 0 Å². The lowest BCUT2D eigenvalue weighted by Crippen LogP contribution is -2.70. The minimum absolute atomic E-state index is 0.186. The molecule has 0 radical (unpaired) electrons. The molecule has 2 rings (SSSR count). The molecule has 2 aliphatic rings. The van der Waals surface area contributed by atoms with Crippen molar-refractivity contribution in [2.24, 2.45) is 5.92 Å². The van der Waals surface area contributed by atoms with Crippen LogP contribution in [0, 0.1) is 5.92 Å². The highest BCUT2D eigenvalue weighted by atomic mass is 16.8. The van der Waals surface area contributed by atoms with Crippen molar-refractivity contribution >= 4 is 11.9 Å². The highest BCUT2D eigenvalue weighted by molar-refractivity contribution is 5.76. The van der Waals surface area contributed by atoms with Crippen molar-refractivity contribution in [1.29, 1.82) is 0 Å². The smallest absolute Gasteiger partial charge is 0.364 e. The zero-order valence-electron chi connectivity index (χ0n) is 32.2.